The first-order valence-electron chi connectivity index (χ1n) is 28.0. The van der Waals surface area contributed by atoms with Gasteiger partial charge in [-0.3, -0.25) is 0 Å². The fourth-order valence-electron chi connectivity index (χ4n) is 13.6. The van der Waals surface area contributed by atoms with Gasteiger partial charge in [0.25, 0.3) is 6.71 Å². The second-order valence-electron chi connectivity index (χ2n) is 27.6. The molecule has 76 heavy (non-hydrogen) atoms. The van der Waals surface area contributed by atoms with Crippen molar-refractivity contribution in [2.45, 2.75) is 155 Å². The first-order valence-corrected chi connectivity index (χ1v) is 28.9. The van der Waals surface area contributed by atoms with Gasteiger partial charge in [-0.2, -0.15) is 0 Å². The SMILES string of the molecule is CC(C)(C)c1ccc(N2c3ccc(C(C)(C)C)cc3B3c4oc5c(c4N(c4ccc6c(c4)C(C)(C)CCC6(C)C)c4cc(N(c6ccccc6)c6ccc7c(c6)sc6ccccc67)cc2c43)C(C)(C)CCC5(C)C)cc1. The molecule has 2 aliphatic heterocycles. The maximum absolute atomic E-state index is 7.86. The Labute approximate surface area is 456 Å². The minimum Gasteiger partial charge on any atom is -0.472 e. The first-order chi connectivity index (χ1) is 35.9. The molecule has 4 aliphatic rings. The Morgan fingerprint density at radius 2 is 1.09 bits per heavy atom. The highest BCUT2D eigenvalue weighted by molar-refractivity contribution is 7.25. The predicted octanol–water partition coefficient (Wildman–Crippen LogP) is 18.5. The lowest BCUT2D eigenvalue weighted by molar-refractivity contribution is 0.282. The summed E-state index contributed by atoms with van der Waals surface area (Å²) >= 11 is 1.88. The average molecular weight is 1020 g/mol. The van der Waals surface area contributed by atoms with Gasteiger partial charge in [-0.1, -0.05) is 170 Å². The van der Waals surface area contributed by atoms with E-state index in [1.807, 2.05) is 11.3 Å². The lowest BCUT2D eigenvalue weighted by Crippen LogP contribution is -2.61. The van der Waals surface area contributed by atoms with Gasteiger partial charge in [0.2, 0.25) is 0 Å². The highest BCUT2D eigenvalue weighted by Crippen LogP contribution is 2.57. The molecule has 2 aliphatic carbocycles. The number of nitrogens with zero attached hydrogens (tertiary/aromatic N) is 3. The third-order valence-corrected chi connectivity index (χ3v) is 19.5. The van der Waals surface area contributed by atoms with Crippen molar-refractivity contribution in [1.82, 2.24) is 0 Å². The molecular formula is C70H74BN3OS. The van der Waals surface area contributed by atoms with Crippen LogP contribution in [-0.4, -0.2) is 6.71 Å². The van der Waals surface area contributed by atoms with Gasteiger partial charge in [-0.25, -0.2) is 0 Å². The summed E-state index contributed by atoms with van der Waals surface area (Å²) in [5.74, 6) is 1.14. The monoisotopic (exact) mass is 1020 g/mol. The van der Waals surface area contributed by atoms with Gasteiger partial charge in [-0.15, -0.1) is 11.3 Å². The second kappa shape index (κ2) is 16.5. The van der Waals surface area contributed by atoms with Crippen LogP contribution >= 0.6 is 11.3 Å². The molecule has 0 amide bonds. The van der Waals surface area contributed by atoms with Crippen molar-refractivity contribution in [3.63, 3.8) is 0 Å². The van der Waals surface area contributed by atoms with E-state index in [-0.39, 0.29) is 39.2 Å². The summed E-state index contributed by atoms with van der Waals surface area (Å²) in [6.45, 7) is 33.4. The van der Waals surface area contributed by atoms with Crippen LogP contribution in [-0.2, 0) is 32.5 Å². The lowest BCUT2D eigenvalue weighted by Gasteiger charge is -2.46. The quantitative estimate of drug-likeness (QED) is 0.160. The Kier molecular flexibility index (Phi) is 10.7. The van der Waals surface area contributed by atoms with Crippen LogP contribution in [0.5, 0.6) is 0 Å². The Morgan fingerprint density at radius 1 is 0.487 bits per heavy atom. The summed E-state index contributed by atoms with van der Waals surface area (Å²) in [6.07, 6.45) is 4.45. The third kappa shape index (κ3) is 7.50. The van der Waals surface area contributed by atoms with Crippen LogP contribution in [0.1, 0.15) is 156 Å². The topological polar surface area (TPSA) is 22.9 Å². The molecule has 0 saturated heterocycles. The van der Waals surface area contributed by atoms with Crippen LogP contribution in [0.4, 0.5) is 51.2 Å². The molecule has 0 bridgehead atoms. The Balaban J connectivity index is 1.18. The molecule has 0 unspecified atom stereocenters. The van der Waals surface area contributed by atoms with Crippen molar-refractivity contribution >= 4 is 106 Å². The van der Waals surface area contributed by atoms with E-state index in [9.17, 15) is 0 Å². The van der Waals surface area contributed by atoms with E-state index in [2.05, 4.69) is 257 Å². The predicted molar refractivity (Wildman–Crippen MR) is 328 cm³/mol. The third-order valence-electron chi connectivity index (χ3n) is 18.4. The van der Waals surface area contributed by atoms with Gasteiger partial charge in [0.15, 0.2) is 0 Å². The molecule has 2 aromatic heterocycles. The highest BCUT2D eigenvalue weighted by Gasteiger charge is 2.53. The molecule has 0 radical (unpaired) electrons. The van der Waals surface area contributed by atoms with Crippen LogP contribution in [0.3, 0.4) is 0 Å². The van der Waals surface area contributed by atoms with E-state index in [1.54, 1.807) is 0 Å². The largest absolute Gasteiger partial charge is 0.472 e. The van der Waals surface area contributed by atoms with E-state index in [4.69, 9.17) is 4.42 Å². The molecule has 9 aromatic rings. The van der Waals surface area contributed by atoms with Gasteiger partial charge in [0.1, 0.15) is 5.76 Å². The van der Waals surface area contributed by atoms with E-state index < -0.39 is 0 Å². The molecule has 7 aromatic carbocycles. The van der Waals surface area contributed by atoms with E-state index in [1.165, 1.54) is 93.8 Å². The van der Waals surface area contributed by atoms with Crippen molar-refractivity contribution in [2.24, 2.45) is 0 Å². The van der Waals surface area contributed by atoms with Crippen LogP contribution in [0.25, 0.3) is 20.2 Å². The van der Waals surface area contributed by atoms with E-state index >= 15 is 0 Å². The molecule has 0 saturated carbocycles. The summed E-state index contributed by atoms with van der Waals surface area (Å²) in [6, 6.07) is 56.3. The van der Waals surface area contributed by atoms with Crippen LogP contribution in [0, 0.1) is 0 Å². The smallest absolute Gasteiger partial charge is 0.297 e. The van der Waals surface area contributed by atoms with Gasteiger partial charge in [-0.05, 0) is 159 Å². The minimum atomic E-state index is -0.169. The van der Waals surface area contributed by atoms with Crippen LogP contribution < -0.4 is 31.3 Å². The molecule has 0 fully saturated rings. The standard InChI is InChI=1S/C70H74BN3OS/c1-65(2,3)43-24-27-46(28-25-43)73-55-33-26-44(66(4,5)6)38-54(55)71-61-56(73)40-49(72(45-20-16-15-17-21-45)48-29-31-51-50-22-18-19-23-58(50)76-59(51)42-48)41-57(61)74(47-30-32-52-53(39-47)68(9,10)35-34-67(52,7)8)62-60-63(75-64(62)71)70(13,14)37-36-69(60,11)12/h15-33,38-42H,34-37H2,1-14H3. The molecule has 4 nitrogen and oxygen atoms in total. The Morgan fingerprint density at radius 3 is 1.80 bits per heavy atom. The fraction of sp³-hybridized carbons (Fsp3) is 0.343. The maximum atomic E-state index is 7.86. The first kappa shape index (κ1) is 49.1. The highest BCUT2D eigenvalue weighted by atomic mass is 32.1. The van der Waals surface area contributed by atoms with Gasteiger partial charge in [0, 0.05) is 71.0 Å². The van der Waals surface area contributed by atoms with Crippen molar-refractivity contribution in [2.75, 3.05) is 14.7 Å². The van der Waals surface area contributed by atoms with Crippen LogP contribution in [0.2, 0.25) is 0 Å². The summed E-state index contributed by atoms with van der Waals surface area (Å²) in [7, 11) is 0. The van der Waals surface area contributed by atoms with Crippen LogP contribution in [0.15, 0.2) is 150 Å². The van der Waals surface area contributed by atoms with Crippen molar-refractivity contribution in [1.29, 1.82) is 0 Å². The molecule has 0 spiro atoms. The molecule has 384 valence electrons. The summed E-state index contributed by atoms with van der Waals surface area (Å²) in [4.78, 5) is 7.79. The number of benzene rings is 7. The number of hydrogen-bond donors (Lipinski definition) is 0. The van der Waals surface area contributed by atoms with Crippen molar-refractivity contribution in [3.05, 3.63) is 179 Å². The molecule has 0 N–H and O–H groups in total. The minimum absolute atomic E-state index is 0.00529. The molecule has 4 heterocycles. The fourth-order valence-corrected chi connectivity index (χ4v) is 14.8. The van der Waals surface area contributed by atoms with Crippen molar-refractivity contribution in [3.8, 4) is 0 Å². The second-order valence-corrected chi connectivity index (χ2v) is 28.6. The number of furan rings is 1. The number of hydrogen-bond acceptors (Lipinski definition) is 5. The van der Waals surface area contributed by atoms with E-state index in [0.29, 0.717) is 0 Å². The molecule has 13 rings (SSSR count). The number of fused-ring (bicyclic) bond motifs is 10. The Hall–Kier alpha value is -6.50. The number of thiophene rings is 1. The van der Waals surface area contributed by atoms with Crippen molar-refractivity contribution < 1.29 is 4.42 Å². The normalized spacial score (nSPS) is 17.7. The average Bonchev–Trinajstić information content (AvgIpc) is 4.13. The molecular weight excluding hydrogens is 942 g/mol. The lowest BCUT2D eigenvalue weighted by atomic mass is 9.35. The molecule has 0 atom stereocenters. The number of anilines is 9. The van der Waals surface area contributed by atoms with Gasteiger partial charge in [0.05, 0.1) is 17.0 Å². The zero-order valence-electron chi connectivity index (χ0n) is 47.4. The summed E-state index contributed by atoms with van der Waals surface area (Å²) < 4.78 is 10.4. The Bertz CT molecular complexity index is 3820. The molecule has 6 heteroatoms. The van der Waals surface area contributed by atoms with Gasteiger partial charge < -0.3 is 19.1 Å². The summed E-state index contributed by atoms with van der Waals surface area (Å²) in [5, 5.41) is 2.60. The summed E-state index contributed by atoms with van der Waals surface area (Å²) in [5.41, 5.74) is 20.8. The zero-order valence-corrected chi connectivity index (χ0v) is 48.2. The maximum Gasteiger partial charge on any atom is 0.297 e. The zero-order chi connectivity index (χ0) is 53.2. The van der Waals surface area contributed by atoms with E-state index in [0.717, 1.165) is 53.4 Å². The number of para-hydroxylation sites is 1. The number of rotatable bonds is 5. The van der Waals surface area contributed by atoms with Gasteiger partial charge >= 0.3 is 0 Å².